The standard InChI is InChI=1S/C12H10F2N2O/c1-12(17,10-4-2-8(13)6-15-10)11-5-3-9(14)7-16-11/h2-7,17H,1H3. The molecule has 0 radical (unpaired) electrons. The monoisotopic (exact) mass is 236 g/mol. The van der Waals surface area contributed by atoms with Crippen molar-refractivity contribution in [3.05, 3.63) is 59.7 Å². The van der Waals surface area contributed by atoms with E-state index >= 15 is 0 Å². The van der Waals surface area contributed by atoms with Gasteiger partial charge in [-0.2, -0.15) is 0 Å². The van der Waals surface area contributed by atoms with E-state index in [1.54, 1.807) is 0 Å². The molecule has 0 aromatic carbocycles. The van der Waals surface area contributed by atoms with Crippen molar-refractivity contribution in [2.45, 2.75) is 12.5 Å². The molecule has 0 amide bonds. The third kappa shape index (κ3) is 2.29. The maximum atomic E-state index is 12.7. The minimum atomic E-state index is -1.48. The molecule has 2 aromatic heterocycles. The molecule has 0 aliphatic heterocycles. The molecule has 3 nitrogen and oxygen atoms in total. The van der Waals surface area contributed by atoms with Gasteiger partial charge in [0.1, 0.15) is 17.2 Å². The van der Waals surface area contributed by atoms with Gasteiger partial charge in [0.05, 0.1) is 23.8 Å². The van der Waals surface area contributed by atoms with Crippen molar-refractivity contribution in [1.29, 1.82) is 0 Å². The number of pyridine rings is 2. The van der Waals surface area contributed by atoms with E-state index in [9.17, 15) is 13.9 Å². The third-order valence-corrected chi connectivity index (χ3v) is 2.45. The predicted octanol–water partition coefficient (Wildman–Crippen LogP) is 2.01. The summed E-state index contributed by atoms with van der Waals surface area (Å²) in [6.45, 7) is 1.47. The van der Waals surface area contributed by atoms with E-state index in [4.69, 9.17) is 0 Å². The van der Waals surface area contributed by atoms with Gasteiger partial charge in [-0.3, -0.25) is 9.97 Å². The molecule has 0 fully saturated rings. The molecular formula is C12H10F2N2O. The van der Waals surface area contributed by atoms with E-state index in [-0.39, 0.29) is 11.4 Å². The molecule has 0 bridgehead atoms. The molecule has 88 valence electrons. The van der Waals surface area contributed by atoms with Crippen LogP contribution in [0.1, 0.15) is 18.3 Å². The highest BCUT2D eigenvalue weighted by atomic mass is 19.1. The predicted molar refractivity (Wildman–Crippen MR) is 57.1 cm³/mol. The molecule has 0 atom stereocenters. The zero-order valence-corrected chi connectivity index (χ0v) is 9.06. The van der Waals surface area contributed by atoms with Gasteiger partial charge >= 0.3 is 0 Å². The van der Waals surface area contributed by atoms with Crippen molar-refractivity contribution in [1.82, 2.24) is 9.97 Å². The lowest BCUT2D eigenvalue weighted by atomic mass is 9.97. The number of rotatable bonds is 2. The summed E-state index contributed by atoms with van der Waals surface area (Å²) >= 11 is 0. The molecule has 2 rings (SSSR count). The summed E-state index contributed by atoms with van der Waals surface area (Å²) in [5.74, 6) is -0.978. The van der Waals surface area contributed by atoms with Gasteiger partial charge in [0.15, 0.2) is 0 Å². The molecule has 0 aliphatic carbocycles. The van der Waals surface area contributed by atoms with Crippen LogP contribution in [0.2, 0.25) is 0 Å². The topological polar surface area (TPSA) is 46.0 Å². The fraction of sp³-hybridized carbons (Fsp3) is 0.167. The molecule has 1 N–H and O–H groups in total. The summed E-state index contributed by atoms with van der Waals surface area (Å²) in [6.07, 6.45) is 2.01. The van der Waals surface area contributed by atoms with Gasteiger partial charge in [-0.1, -0.05) is 0 Å². The first-order valence-corrected chi connectivity index (χ1v) is 4.96. The van der Waals surface area contributed by atoms with Crippen LogP contribution in [0.3, 0.4) is 0 Å². The lowest BCUT2D eigenvalue weighted by Crippen LogP contribution is -2.25. The van der Waals surface area contributed by atoms with Crippen LogP contribution >= 0.6 is 0 Å². The highest BCUT2D eigenvalue weighted by molar-refractivity contribution is 5.25. The molecule has 17 heavy (non-hydrogen) atoms. The maximum absolute atomic E-state index is 12.7. The minimum Gasteiger partial charge on any atom is -0.377 e. The SMILES string of the molecule is CC(O)(c1ccc(F)cn1)c1ccc(F)cn1. The Morgan fingerprint density at radius 1 is 0.941 bits per heavy atom. The number of aliphatic hydroxyl groups is 1. The Morgan fingerprint density at radius 3 is 1.65 bits per heavy atom. The van der Waals surface area contributed by atoms with Gasteiger partial charge in [-0.25, -0.2) is 8.78 Å². The van der Waals surface area contributed by atoms with Crippen LogP contribution in [0.15, 0.2) is 36.7 Å². The van der Waals surface area contributed by atoms with Crippen molar-refractivity contribution in [3.63, 3.8) is 0 Å². The highest BCUT2D eigenvalue weighted by Gasteiger charge is 2.28. The molecule has 2 aromatic rings. The molecule has 0 saturated carbocycles. The number of aromatic nitrogens is 2. The first-order chi connectivity index (χ1) is 8.00. The minimum absolute atomic E-state index is 0.248. The summed E-state index contributed by atoms with van der Waals surface area (Å²) in [7, 11) is 0. The summed E-state index contributed by atoms with van der Waals surface area (Å²) < 4.78 is 25.4. The number of halogens is 2. The van der Waals surface area contributed by atoms with E-state index in [1.807, 2.05) is 0 Å². The fourth-order valence-corrected chi connectivity index (χ4v) is 1.46. The first kappa shape index (κ1) is 11.6. The lowest BCUT2D eigenvalue weighted by Gasteiger charge is -2.21. The fourth-order valence-electron chi connectivity index (χ4n) is 1.46. The van der Waals surface area contributed by atoms with Gasteiger partial charge in [0.25, 0.3) is 0 Å². The van der Waals surface area contributed by atoms with Crippen LogP contribution in [0.4, 0.5) is 8.78 Å². The Morgan fingerprint density at radius 2 is 1.35 bits per heavy atom. The number of hydrogen-bond acceptors (Lipinski definition) is 3. The Labute approximate surface area is 96.8 Å². The van der Waals surface area contributed by atoms with E-state index < -0.39 is 17.2 Å². The molecule has 2 heterocycles. The first-order valence-electron chi connectivity index (χ1n) is 4.96. The van der Waals surface area contributed by atoms with Crippen molar-refractivity contribution >= 4 is 0 Å². The second kappa shape index (κ2) is 4.18. The van der Waals surface area contributed by atoms with Gasteiger partial charge in [-0.15, -0.1) is 0 Å². The second-order valence-electron chi connectivity index (χ2n) is 3.80. The second-order valence-corrected chi connectivity index (χ2v) is 3.80. The van der Waals surface area contributed by atoms with Crippen molar-refractivity contribution in [2.24, 2.45) is 0 Å². The summed E-state index contributed by atoms with van der Waals surface area (Å²) in [4.78, 5) is 7.58. The van der Waals surface area contributed by atoms with Gasteiger partial charge in [0, 0.05) is 0 Å². The number of nitrogens with zero attached hydrogens (tertiary/aromatic N) is 2. The van der Waals surface area contributed by atoms with Crippen LogP contribution < -0.4 is 0 Å². The molecule has 0 unspecified atom stereocenters. The van der Waals surface area contributed by atoms with Crippen LogP contribution in [0.25, 0.3) is 0 Å². The van der Waals surface area contributed by atoms with Crippen LogP contribution in [0, 0.1) is 11.6 Å². The van der Waals surface area contributed by atoms with Gasteiger partial charge in [0.2, 0.25) is 0 Å². The Hall–Kier alpha value is -1.88. The van der Waals surface area contributed by atoms with Gasteiger partial charge in [-0.05, 0) is 31.2 Å². The normalized spacial score (nSPS) is 11.5. The average molecular weight is 236 g/mol. The Bertz CT molecular complexity index is 462. The molecule has 0 saturated heterocycles. The van der Waals surface area contributed by atoms with E-state index in [0.717, 1.165) is 12.4 Å². The molecule has 5 heteroatoms. The smallest absolute Gasteiger partial charge is 0.145 e. The van der Waals surface area contributed by atoms with Crippen molar-refractivity contribution < 1.29 is 13.9 Å². The van der Waals surface area contributed by atoms with E-state index in [0.29, 0.717) is 0 Å². The Kier molecular flexibility index (Phi) is 2.85. The van der Waals surface area contributed by atoms with Crippen LogP contribution in [0.5, 0.6) is 0 Å². The molecule has 0 spiro atoms. The Balaban J connectivity index is 2.41. The summed E-state index contributed by atoms with van der Waals surface area (Å²) in [5.41, 5.74) is -0.988. The third-order valence-electron chi connectivity index (χ3n) is 2.45. The summed E-state index contributed by atoms with van der Waals surface area (Å²) in [6, 6.07) is 5.11. The van der Waals surface area contributed by atoms with Crippen LogP contribution in [-0.4, -0.2) is 15.1 Å². The molecule has 0 aliphatic rings. The summed E-state index contributed by atoms with van der Waals surface area (Å²) in [5, 5.41) is 10.3. The zero-order valence-electron chi connectivity index (χ0n) is 9.06. The number of hydrogen-bond donors (Lipinski definition) is 1. The zero-order chi connectivity index (χ0) is 12.5. The highest BCUT2D eigenvalue weighted by Crippen LogP contribution is 2.25. The quantitative estimate of drug-likeness (QED) is 0.867. The average Bonchev–Trinajstić information content (AvgIpc) is 2.30. The lowest BCUT2D eigenvalue weighted by molar-refractivity contribution is 0.0923. The van der Waals surface area contributed by atoms with Crippen LogP contribution in [-0.2, 0) is 5.60 Å². The van der Waals surface area contributed by atoms with E-state index in [1.165, 1.54) is 31.2 Å². The van der Waals surface area contributed by atoms with Gasteiger partial charge < -0.3 is 5.11 Å². The van der Waals surface area contributed by atoms with Crippen molar-refractivity contribution in [2.75, 3.05) is 0 Å². The van der Waals surface area contributed by atoms with Crippen molar-refractivity contribution in [3.8, 4) is 0 Å². The largest absolute Gasteiger partial charge is 0.377 e. The maximum Gasteiger partial charge on any atom is 0.145 e. The van der Waals surface area contributed by atoms with E-state index in [2.05, 4.69) is 9.97 Å². The molecular weight excluding hydrogens is 226 g/mol.